The normalized spacial score (nSPS) is 10.7. The van der Waals surface area contributed by atoms with Gasteiger partial charge >= 0.3 is 0 Å². The maximum absolute atomic E-state index is 4.66. The van der Waals surface area contributed by atoms with E-state index < -0.39 is 0 Å². The molecule has 70 valence electrons. The lowest BCUT2D eigenvalue weighted by Crippen LogP contribution is -2.07. The van der Waals surface area contributed by atoms with E-state index in [0.29, 0.717) is 4.32 Å². The molecule has 0 saturated heterocycles. The van der Waals surface area contributed by atoms with Gasteiger partial charge in [0.25, 0.3) is 0 Å². The third-order valence-electron chi connectivity index (χ3n) is 1.39. The zero-order valence-corrected chi connectivity index (χ0v) is 9.04. The van der Waals surface area contributed by atoms with Gasteiger partial charge in [-0.05, 0) is 13.8 Å². The van der Waals surface area contributed by atoms with Crippen LogP contribution in [0.25, 0.3) is 0 Å². The number of imidazole rings is 1. The molecule has 0 radical (unpaired) electrons. The number of nitrogens with zero attached hydrogens (tertiary/aromatic N) is 2. The van der Waals surface area contributed by atoms with Crippen LogP contribution in [-0.4, -0.2) is 20.5 Å². The number of hydrogen-bond acceptors (Lipinski definition) is 3. The standard InChI is InChI=1S/C7H10N4S2/c1-4-6(10-5(2)9-4)3-8-11-7(12)13/h3H,1-2H3,(H,9,10)(H2,11,12,13). The first-order valence-corrected chi connectivity index (χ1v) is 4.50. The van der Waals surface area contributed by atoms with Crippen LogP contribution < -0.4 is 5.43 Å². The van der Waals surface area contributed by atoms with Crippen LogP contribution in [0.4, 0.5) is 0 Å². The smallest absolute Gasteiger partial charge is 0.150 e. The van der Waals surface area contributed by atoms with Gasteiger partial charge in [0.1, 0.15) is 11.5 Å². The first kappa shape index (κ1) is 10.2. The summed E-state index contributed by atoms with van der Waals surface area (Å²) >= 11 is 8.51. The van der Waals surface area contributed by atoms with E-state index in [0.717, 1.165) is 17.2 Å². The number of thiol groups is 1. The molecule has 0 unspecified atom stereocenters. The molecule has 0 aromatic carbocycles. The van der Waals surface area contributed by atoms with Gasteiger partial charge in [0.2, 0.25) is 0 Å². The average Bonchev–Trinajstić information content (AvgIpc) is 2.29. The summed E-state index contributed by atoms with van der Waals surface area (Å²) in [6, 6.07) is 0. The minimum absolute atomic E-state index is 0.334. The molecule has 0 spiro atoms. The lowest BCUT2D eigenvalue weighted by atomic mass is 10.4. The third kappa shape index (κ3) is 3.16. The zero-order chi connectivity index (χ0) is 9.84. The summed E-state index contributed by atoms with van der Waals surface area (Å²) < 4.78 is 0.334. The average molecular weight is 214 g/mol. The summed E-state index contributed by atoms with van der Waals surface area (Å²) in [5.74, 6) is 0.868. The lowest BCUT2D eigenvalue weighted by Gasteiger charge is -1.91. The van der Waals surface area contributed by atoms with Gasteiger partial charge in [-0.2, -0.15) is 5.10 Å². The second-order valence-corrected chi connectivity index (χ2v) is 3.67. The molecule has 1 rings (SSSR count). The molecular formula is C7H10N4S2. The SMILES string of the molecule is Cc1nc(C=NNC(=S)S)c(C)[nH]1. The highest BCUT2D eigenvalue weighted by Crippen LogP contribution is 2.00. The molecule has 0 bridgehead atoms. The van der Waals surface area contributed by atoms with Crippen molar-refractivity contribution in [3.63, 3.8) is 0 Å². The maximum Gasteiger partial charge on any atom is 0.150 e. The Morgan fingerprint density at radius 2 is 2.38 bits per heavy atom. The van der Waals surface area contributed by atoms with Crippen molar-refractivity contribution in [2.45, 2.75) is 13.8 Å². The molecule has 0 saturated carbocycles. The Kier molecular flexibility index (Phi) is 3.44. The van der Waals surface area contributed by atoms with Gasteiger partial charge in [-0.25, -0.2) is 4.98 Å². The first-order chi connectivity index (χ1) is 6.09. The van der Waals surface area contributed by atoms with Crippen molar-refractivity contribution >= 4 is 35.4 Å². The van der Waals surface area contributed by atoms with Crippen LogP contribution in [0.2, 0.25) is 0 Å². The van der Waals surface area contributed by atoms with Gasteiger partial charge in [-0.1, -0.05) is 12.2 Å². The van der Waals surface area contributed by atoms with Crippen molar-refractivity contribution in [2.75, 3.05) is 0 Å². The first-order valence-electron chi connectivity index (χ1n) is 3.65. The Labute approximate surface area is 87.2 Å². The fraction of sp³-hybridized carbons (Fsp3) is 0.286. The molecule has 13 heavy (non-hydrogen) atoms. The molecule has 6 heteroatoms. The van der Waals surface area contributed by atoms with Crippen LogP contribution in [0, 0.1) is 13.8 Å². The van der Waals surface area contributed by atoms with E-state index >= 15 is 0 Å². The number of nitrogens with one attached hydrogen (secondary N) is 2. The summed E-state index contributed by atoms with van der Waals surface area (Å²) in [5, 5.41) is 3.84. The van der Waals surface area contributed by atoms with Gasteiger partial charge in [0.05, 0.1) is 6.21 Å². The van der Waals surface area contributed by atoms with Crippen molar-refractivity contribution in [3.8, 4) is 0 Å². The number of thiocarbonyl (C=S) groups is 1. The minimum atomic E-state index is 0.334. The van der Waals surface area contributed by atoms with E-state index in [2.05, 4.69) is 45.3 Å². The molecule has 4 nitrogen and oxygen atoms in total. The summed E-state index contributed by atoms with van der Waals surface area (Å²) in [7, 11) is 0. The number of aromatic amines is 1. The van der Waals surface area contributed by atoms with E-state index in [1.54, 1.807) is 6.21 Å². The number of aryl methyl sites for hydroxylation is 2. The van der Waals surface area contributed by atoms with Crippen LogP contribution in [0.3, 0.4) is 0 Å². The fourth-order valence-electron chi connectivity index (χ4n) is 0.902. The molecule has 0 aliphatic rings. The fourth-order valence-corrected chi connectivity index (χ4v) is 1.01. The van der Waals surface area contributed by atoms with Crippen LogP contribution in [0.15, 0.2) is 5.10 Å². The van der Waals surface area contributed by atoms with Crippen molar-refractivity contribution in [3.05, 3.63) is 17.2 Å². The molecule has 1 aromatic rings. The molecule has 0 amide bonds. The van der Waals surface area contributed by atoms with E-state index in [1.807, 2.05) is 13.8 Å². The molecular weight excluding hydrogens is 204 g/mol. The Hall–Kier alpha value is -0.880. The van der Waals surface area contributed by atoms with Gasteiger partial charge in [-0.3, -0.25) is 5.43 Å². The van der Waals surface area contributed by atoms with E-state index in [-0.39, 0.29) is 0 Å². The lowest BCUT2D eigenvalue weighted by molar-refractivity contribution is 1.07. The van der Waals surface area contributed by atoms with Crippen LogP contribution in [-0.2, 0) is 0 Å². The second-order valence-electron chi connectivity index (χ2n) is 2.51. The number of hydrogen-bond donors (Lipinski definition) is 3. The minimum Gasteiger partial charge on any atom is -0.346 e. The largest absolute Gasteiger partial charge is 0.346 e. The highest BCUT2D eigenvalue weighted by molar-refractivity contribution is 8.11. The Balaban J connectivity index is 2.68. The molecule has 0 fully saturated rings. The molecule has 0 aliphatic carbocycles. The van der Waals surface area contributed by atoms with Crippen molar-refractivity contribution in [1.29, 1.82) is 0 Å². The quantitative estimate of drug-likeness (QED) is 0.300. The Morgan fingerprint density at radius 1 is 1.69 bits per heavy atom. The topological polar surface area (TPSA) is 53.1 Å². The predicted molar refractivity (Wildman–Crippen MR) is 60.4 cm³/mol. The summed E-state index contributed by atoms with van der Waals surface area (Å²) in [6.45, 7) is 3.82. The molecule has 0 aliphatic heterocycles. The Bertz CT molecular complexity index is 342. The number of H-pyrrole nitrogens is 1. The molecule has 1 heterocycles. The zero-order valence-electron chi connectivity index (χ0n) is 7.33. The van der Waals surface area contributed by atoms with Gasteiger partial charge in [0, 0.05) is 5.69 Å². The van der Waals surface area contributed by atoms with Crippen molar-refractivity contribution in [2.24, 2.45) is 5.10 Å². The van der Waals surface area contributed by atoms with Crippen LogP contribution in [0.1, 0.15) is 17.2 Å². The van der Waals surface area contributed by atoms with E-state index in [9.17, 15) is 0 Å². The number of aromatic nitrogens is 2. The molecule has 2 N–H and O–H groups in total. The summed E-state index contributed by atoms with van der Waals surface area (Å²) in [4.78, 5) is 7.26. The van der Waals surface area contributed by atoms with Crippen LogP contribution >= 0.6 is 24.8 Å². The summed E-state index contributed by atoms with van der Waals surface area (Å²) in [6.07, 6.45) is 1.60. The highest BCUT2D eigenvalue weighted by atomic mass is 32.1. The van der Waals surface area contributed by atoms with Gasteiger partial charge in [-0.15, -0.1) is 12.6 Å². The molecule has 1 aromatic heterocycles. The highest BCUT2D eigenvalue weighted by Gasteiger charge is 1.99. The maximum atomic E-state index is 4.66. The van der Waals surface area contributed by atoms with Crippen LogP contribution in [0.5, 0.6) is 0 Å². The van der Waals surface area contributed by atoms with Crippen molar-refractivity contribution < 1.29 is 0 Å². The Morgan fingerprint density at radius 3 is 2.85 bits per heavy atom. The second kappa shape index (κ2) is 4.38. The van der Waals surface area contributed by atoms with Gasteiger partial charge < -0.3 is 4.98 Å². The van der Waals surface area contributed by atoms with E-state index in [4.69, 9.17) is 0 Å². The third-order valence-corrected chi connectivity index (χ3v) is 1.58. The van der Waals surface area contributed by atoms with E-state index in [1.165, 1.54) is 0 Å². The number of hydrazone groups is 1. The predicted octanol–water partition coefficient (Wildman–Crippen LogP) is 1.16. The van der Waals surface area contributed by atoms with Crippen molar-refractivity contribution in [1.82, 2.24) is 15.4 Å². The molecule has 0 atom stereocenters. The van der Waals surface area contributed by atoms with Gasteiger partial charge in [0.15, 0.2) is 4.32 Å². The monoisotopic (exact) mass is 214 g/mol. The summed E-state index contributed by atoms with van der Waals surface area (Å²) in [5.41, 5.74) is 4.32. The number of rotatable bonds is 2.